The highest BCUT2D eigenvalue weighted by Gasteiger charge is 2.33. The quantitative estimate of drug-likeness (QED) is 0.456. The average Bonchev–Trinajstić information content (AvgIpc) is 3.45. The van der Waals surface area contributed by atoms with Crippen LogP contribution in [0.15, 0.2) is 77.7 Å². The van der Waals surface area contributed by atoms with Crippen LogP contribution >= 0.6 is 0 Å². The fraction of sp³-hybridized carbons (Fsp3) is 0.321. The first-order chi connectivity index (χ1) is 17.0. The number of aromatic nitrogens is 1. The van der Waals surface area contributed by atoms with E-state index in [1.807, 2.05) is 42.3 Å². The van der Waals surface area contributed by atoms with Crippen molar-refractivity contribution in [3.63, 3.8) is 0 Å². The van der Waals surface area contributed by atoms with Crippen LogP contribution in [0.25, 0.3) is 6.08 Å². The van der Waals surface area contributed by atoms with Crippen molar-refractivity contribution < 1.29 is 18.7 Å². The van der Waals surface area contributed by atoms with Gasteiger partial charge in [-0.3, -0.25) is 14.6 Å². The number of likely N-dealkylation sites (tertiary alicyclic amines) is 1. The minimum atomic E-state index is -0.138. The number of furan rings is 1. The van der Waals surface area contributed by atoms with E-state index < -0.39 is 0 Å². The minimum Gasteiger partial charge on any atom is -0.497 e. The van der Waals surface area contributed by atoms with Gasteiger partial charge < -0.3 is 19.0 Å². The third-order valence-electron chi connectivity index (χ3n) is 6.63. The molecule has 0 aliphatic carbocycles. The minimum absolute atomic E-state index is 0.00309. The van der Waals surface area contributed by atoms with Crippen LogP contribution in [0, 0.1) is 5.92 Å². The van der Waals surface area contributed by atoms with Crippen molar-refractivity contribution >= 4 is 17.9 Å². The first-order valence-electron chi connectivity index (χ1n) is 11.9. The summed E-state index contributed by atoms with van der Waals surface area (Å²) < 4.78 is 10.8. The third-order valence-corrected chi connectivity index (χ3v) is 6.63. The van der Waals surface area contributed by atoms with Crippen LogP contribution in [0.5, 0.6) is 5.75 Å². The normalized spacial score (nSPS) is 15.2. The zero-order valence-electron chi connectivity index (χ0n) is 20.2. The fourth-order valence-corrected chi connectivity index (χ4v) is 4.64. The molecule has 1 aliphatic heterocycles. The van der Waals surface area contributed by atoms with Gasteiger partial charge in [0.2, 0.25) is 5.91 Å². The molecule has 0 unspecified atom stereocenters. The van der Waals surface area contributed by atoms with Crippen LogP contribution in [0.3, 0.4) is 0 Å². The summed E-state index contributed by atoms with van der Waals surface area (Å²) in [4.78, 5) is 33.6. The Hall–Kier alpha value is -3.87. The van der Waals surface area contributed by atoms with Gasteiger partial charge in [-0.15, -0.1) is 0 Å². The van der Waals surface area contributed by atoms with E-state index in [1.165, 1.54) is 6.26 Å². The zero-order valence-corrected chi connectivity index (χ0v) is 20.2. The summed E-state index contributed by atoms with van der Waals surface area (Å²) in [7, 11) is 3.49. The maximum atomic E-state index is 13.1. The summed E-state index contributed by atoms with van der Waals surface area (Å²) in [5, 5.41) is 0. The lowest BCUT2D eigenvalue weighted by Gasteiger charge is -2.39. The second kappa shape index (κ2) is 11.5. The molecular formula is C28H31N3O4. The molecule has 7 heteroatoms. The van der Waals surface area contributed by atoms with Gasteiger partial charge in [0.25, 0.3) is 5.91 Å². The van der Waals surface area contributed by atoms with Gasteiger partial charge in [-0.2, -0.15) is 0 Å². The van der Waals surface area contributed by atoms with Crippen molar-refractivity contribution in [1.82, 2.24) is 14.8 Å². The number of piperidine rings is 1. The number of benzene rings is 1. The number of rotatable bonds is 8. The number of ether oxygens (including phenoxy) is 1. The molecule has 2 aromatic heterocycles. The number of methoxy groups -OCH3 is 1. The molecule has 3 heterocycles. The van der Waals surface area contributed by atoms with Crippen molar-refractivity contribution in [3.05, 3.63) is 90.2 Å². The molecular weight excluding hydrogens is 442 g/mol. The largest absolute Gasteiger partial charge is 0.497 e. The number of likely N-dealkylation sites (N-methyl/N-ethyl adjacent to an activating group) is 1. The molecule has 1 aliphatic rings. The molecule has 35 heavy (non-hydrogen) atoms. The second-order valence-corrected chi connectivity index (χ2v) is 8.80. The van der Waals surface area contributed by atoms with Gasteiger partial charge in [0, 0.05) is 44.6 Å². The monoisotopic (exact) mass is 473 g/mol. The first kappa shape index (κ1) is 24.3. The molecule has 2 amide bonds. The molecule has 0 radical (unpaired) electrons. The Morgan fingerprint density at radius 1 is 1.20 bits per heavy atom. The highest BCUT2D eigenvalue weighted by atomic mass is 16.5. The van der Waals surface area contributed by atoms with Crippen molar-refractivity contribution in [3.8, 4) is 5.75 Å². The van der Waals surface area contributed by atoms with Crippen LogP contribution in [0.1, 0.15) is 34.5 Å². The lowest BCUT2D eigenvalue weighted by Crippen LogP contribution is -2.48. The van der Waals surface area contributed by atoms with E-state index in [0.29, 0.717) is 25.3 Å². The predicted molar refractivity (Wildman–Crippen MR) is 134 cm³/mol. The van der Waals surface area contributed by atoms with Gasteiger partial charge in [0.15, 0.2) is 5.76 Å². The Morgan fingerprint density at radius 2 is 2.03 bits per heavy atom. The molecule has 1 fully saturated rings. The summed E-state index contributed by atoms with van der Waals surface area (Å²) in [5.41, 5.74) is 2.00. The van der Waals surface area contributed by atoms with Crippen LogP contribution in [0.4, 0.5) is 0 Å². The number of hydrogen-bond donors (Lipinski definition) is 0. The molecule has 1 atom stereocenters. The molecule has 0 N–H and O–H groups in total. The zero-order chi connectivity index (χ0) is 24.6. The Labute approximate surface area is 206 Å². The predicted octanol–water partition coefficient (Wildman–Crippen LogP) is 4.32. The number of amides is 2. The van der Waals surface area contributed by atoms with Gasteiger partial charge in [-0.1, -0.05) is 18.2 Å². The van der Waals surface area contributed by atoms with Gasteiger partial charge in [0.05, 0.1) is 13.4 Å². The Bertz CT molecular complexity index is 1140. The molecule has 7 nitrogen and oxygen atoms in total. The average molecular weight is 474 g/mol. The molecule has 1 aromatic carbocycles. The van der Waals surface area contributed by atoms with Gasteiger partial charge in [-0.25, -0.2) is 0 Å². The van der Waals surface area contributed by atoms with E-state index in [4.69, 9.17) is 9.15 Å². The highest BCUT2D eigenvalue weighted by Crippen LogP contribution is 2.28. The summed E-state index contributed by atoms with van der Waals surface area (Å²) in [6.45, 7) is 1.30. The van der Waals surface area contributed by atoms with Gasteiger partial charge in [0.1, 0.15) is 5.75 Å². The highest BCUT2D eigenvalue weighted by molar-refractivity contribution is 5.92. The summed E-state index contributed by atoms with van der Waals surface area (Å²) in [5.74, 6) is 1.23. The first-order valence-corrected chi connectivity index (χ1v) is 11.9. The Kier molecular flexibility index (Phi) is 7.98. The van der Waals surface area contributed by atoms with Crippen molar-refractivity contribution in [2.75, 3.05) is 27.2 Å². The lowest BCUT2D eigenvalue weighted by atomic mass is 9.84. The van der Waals surface area contributed by atoms with Crippen LogP contribution < -0.4 is 4.74 Å². The number of hydrogen-bond acceptors (Lipinski definition) is 5. The fourth-order valence-electron chi connectivity index (χ4n) is 4.64. The van der Waals surface area contributed by atoms with E-state index >= 15 is 0 Å². The third kappa shape index (κ3) is 6.18. The van der Waals surface area contributed by atoms with E-state index in [0.717, 1.165) is 29.7 Å². The summed E-state index contributed by atoms with van der Waals surface area (Å²) in [6.07, 6.45) is 10.7. The van der Waals surface area contributed by atoms with E-state index in [2.05, 4.69) is 11.1 Å². The molecule has 3 aromatic rings. The van der Waals surface area contributed by atoms with Crippen molar-refractivity contribution in [2.24, 2.45) is 5.92 Å². The Balaban J connectivity index is 1.45. The van der Waals surface area contributed by atoms with Crippen LogP contribution in [0.2, 0.25) is 0 Å². The van der Waals surface area contributed by atoms with Gasteiger partial charge >= 0.3 is 0 Å². The maximum Gasteiger partial charge on any atom is 0.289 e. The standard InChI is InChI=1S/C28H31N3O4/c1-30(28(33)26-9-5-17-35-26)25(19-22-6-3-8-24(18-22)34-2)23-12-15-31(16-13-23)27(32)11-10-21-7-4-14-29-20-21/h3-11,14,17-18,20,23,25H,12-13,15-16,19H2,1-2H3/b11-10+/t25-/m1/s1. The molecule has 0 saturated carbocycles. The van der Waals surface area contributed by atoms with E-state index in [9.17, 15) is 9.59 Å². The summed E-state index contributed by atoms with van der Waals surface area (Å²) in [6, 6.07) is 15.1. The molecule has 0 spiro atoms. The molecule has 1 saturated heterocycles. The van der Waals surface area contributed by atoms with Crippen LogP contribution in [-0.2, 0) is 11.2 Å². The topological polar surface area (TPSA) is 75.9 Å². The SMILES string of the molecule is COc1cccc(C[C@H](C2CCN(C(=O)/C=C/c3cccnc3)CC2)N(C)C(=O)c2ccco2)c1. The maximum absolute atomic E-state index is 13.1. The van der Waals surface area contributed by atoms with Crippen molar-refractivity contribution in [1.29, 1.82) is 0 Å². The van der Waals surface area contributed by atoms with E-state index in [-0.39, 0.29) is 23.8 Å². The smallest absolute Gasteiger partial charge is 0.289 e. The molecule has 182 valence electrons. The van der Waals surface area contributed by atoms with Gasteiger partial charge in [-0.05, 0) is 72.7 Å². The van der Waals surface area contributed by atoms with Crippen molar-refractivity contribution in [2.45, 2.75) is 25.3 Å². The van der Waals surface area contributed by atoms with Crippen LogP contribution in [-0.4, -0.2) is 59.9 Å². The second-order valence-electron chi connectivity index (χ2n) is 8.80. The molecule has 0 bridgehead atoms. The van der Waals surface area contributed by atoms with E-state index in [1.54, 1.807) is 48.7 Å². The number of carbonyl (C=O) groups excluding carboxylic acids is 2. The summed E-state index contributed by atoms with van der Waals surface area (Å²) >= 11 is 0. The Morgan fingerprint density at radius 3 is 2.71 bits per heavy atom. The number of pyridine rings is 1. The molecule has 4 rings (SSSR count). The number of carbonyl (C=O) groups is 2. The lowest BCUT2D eigenvalue weighted by molar-refractivity contribution is -0.127. The number of nitrogens with zero attached hydrogens (tertiary/aromatic N) is 3.